The summed E-state index contributed by atoms with van der Waals surface area (Å²) in [6.07, 6.45) is 0. The molecule has 96 valence electrons. The second-order valence-corrected chi connectivity index (χ2v) is 5.87. The van der Waals surface area contributed by atoms with Gasteiger partial charge < -0.3 is 9.73 Å². The summed E-state index contributed by atoms with van der Waals surface area (Å²) in [5.41, 5.74) is 2.63. The van der Waals surface area contributed by atoms with Crippen molar-refractivity contribution in [3.63, 3.8) is 0 Å². The van der Waals surface area contributed by atoms with Gasteiger partial charge in [0.05, 0.1) is 11.0 Å². The van der Waals surface area contributed by atoms with Crippen molar-refractivity contribution >= 4 is 31.9 Å². The van der Waals surface area contributed by atoms with Gasteiger partial charge in [0.25, 0.3) is 0 Å². The van der Waals surface area contributed by atoms with Gasteiger partial charge in [0.15, 0.2) is 4.67 Å². The van der Waals surface area contributed by atoms with Crippen molar-refractivity contribution in [2.75, 3.05) is 0 Å². The second-order valence-electron chi connectivity index (χ2n) is 4.29. The summed E-state index contributed by atoms with van der Waals surface area (Å²) in [4.78, 5) is 0. The third kappa shape index (κ3) is 3.25. The standard InChI is InChI=1S/C14H15Br2NO/c1-9-5-3-4-6-12(9)10(2)17-8-11-7-13(15)14(16)18-11/h3-7,10,17H,8H2,1-2H3/t10-/m0/s1. The van der Waals surface area contributed by atoms with E-state index >= 15 is 0 Å². The molecule has 18 heavy (non-hydrogen) atoms. The molecule has 0 unspecified atom stereocenters. The quantitative estimate of drug-likeness (QED) is 0.820. The molecule has 4 heteroatoms. The number of aryl methyl sites for hydroxylation is 1. The van der Waals surface area contributed by atoms with E-state index in [4.69, 9.17) is 4.42 Å². The van der Waals surface area contributed by atoms with E-state index in [0.29, 0.717) is 12.6 Å². The molecule has 2 rings (SSSR count). The highest BCUT2D eigenvalue weighted by Crippen LogP contribution is 2.27. The van der Waals surface area contributed by atoms with Crippen LogP contribution in [0.3, 0.4) is 0 Å². The molecule has 1 N–H and O–H groups in total. The van der Waals surface area contributed by atoms with E-state index in [2.05, 4.69) is 75.3 Å². The fourth-order valence-corrected chi connectivity index (χ4v) is 2.57. The van der Waals surface area contributed by atoms with Crippen LogP contribution in [0.25, 0.3) is 0 Å². The Labute approximate surface area is 124 Å². The topological polar surface area (TPSA) is 25.2 Å². The van der Waals surface area contributed by atoms with Gasteiger partial charge in [-0.3, -0.25) is 0 Å². The van der Waals surface area contributed by atoms with Gasteiger partial charge in [0, 0.05) is 6.04 Å². The number of hydrogen-bond donors (Lipinski definition) is 1. The molecule has 0 aliphatic heterocycles. The number of rotatable bonds is 4. The molecule has 0 saturated carbocycles. The zero-order chi connectivity index (χ0) is 13.1. The van der Waals surface area contributed by atoms with Crippen molar-refractivity contribution in [2.45, 2.75) is 26.4 Å². The first-order valence-corrected chi connectivity index (χ1v) is 7.39. The van der Waals surface area contributed by atoms with Crippen LogP contribution in [-0.2, 0) is 6.54 Å². The van der Waals surface area contributed by atoms with Crippen molar-refractivity contribution in [2.24, 2.45) is 0 Å². The molecule has 0 aliphatic carbocycles. The van der Waals surface area contributed by atoms with Crippen molar-refractivity contribution in [1.29, 1.82) is 0 Å². The first-order valence-electron chi connectivity index (χ1n) is 5.80. The van der Waals surface area contributed by atoms with Crippen LogP contribution in [0.5, 0.6) is 0 Å². The van der Waals surface area contributed by atoms with Gasteiger partial charge >= 0.3 is 0 Å². The molecule has 0 radical (unpaired) electrons. The smallest absolute Gasteiger partial charge is 0.183 e. The Morgan fingerprint density at radius 1 is 1.28 bits per heavy atom. The Hall–Kier alpha value is -0.580. The van der Waals surface area contributed by atoms with Gasteiger partial charge in [-0.1, -0.05) is 24.3 Å². The number of nitrogens with one attached hydrogen (secondary N) is 1. The molecule has 1 aromatic carbocycles. The summed E-state index contributed by atoms with van der Waals surface area (Å²) in [7, 11) is 0. The zero-order valence-electron chi connectivity index (χ0n) is 10.3. The van der Waals surface area contributed by atoms with Crippen molar-refractivity contribution in [3.05, 3.63) is 56.4 Å². The molecule has 0 fully saturated rings. The molecule has 0 saturated heterocycles. The average Bonchev–Trinajstić information content (AvgIpc) is 2.66. The van der Waals surface area contributed by atoms with Crippen LogP contribution in [0.1, 0.15) is 29.9 Å². The van der Waals surface area contributed by atoms with Crippen LogP contribution in [-0.4, -0.2) is 0 Å². The van der Waals surface area contributed by atoms with Gasteiger partial charge in [0.2, 0.25) is 0 Å². The molecule has 1 aromatic heterocycles. The van der Waals surface area contributed by atoms with Gasteiger partial charge in [-0.15, -0.1) is 0 Å². The molecule has 0 spiro atoms. The highest BCUT2D eigenvalue weighted by atomic mass is 79.9. The maximum absolute atomic E-state index is 5.54. The van der Waals surface area contributed by atoms with Gasteiger partial charge in [0.1, 0.15) is 5.76 Å². The first-order chi connectivity index (χ1) is 8.58. The van der Waals surface area contributed by atoms with E-state index in [1.165, 1.54) is 11.1 Å². The van der Waals surface area contributed by atoms with Gasteiger partial charge in [-0.2, -0.15) is 0 Å². The Morgan fingerprint density at radius 2 is 2.00 bits per heavy atom. The lowest BCUT2D eigenvalue weighted by atomic mass is 10.0. The van der Waals surface area contributed by atoms with Crippen LogP contribution in [0.2, 0.25) is 0 Å². The minimum Gasteiger partial charge on any atom is -0.452 e. The highest BCUT2D eigenvalue weighted by Gasteiger charge is 2.10. The number of benzene rings is 1. The van der Waals surface area contributed by atoms with Crippen molar-refractivity contribution < 1.29 is 4.42 Å². The molecular formula is C14H15Br2NO. The minimum atomic E-state index is 0.300. The normalized spacial score (nSPS) is 12.7. The molecule has 0 bridgehead atoms. The van der Waals surface area contributed by atoms with Gasteiger partial charge in [-0.25, -0.2) is 0 Å². The lowest BCUT2D eigenvalue weighted by Crippen LogP contribution is -2.18. The summed E-state index contributed by atoms with van der Waals surface area (Å²) >= 11 is 6.75. The van der Waals surface area contributed by atoms with Crippen molar-refractivity contribution in [1.82, 2.24) is 5.32 Å². The predicted octanol–water partition coefficient (Wildman–Crippen LogP) is 4.96. The fourth-order valence-electron chi connectivity index (χ4n) is 1.91. The Morgan fingerprint density at radius 3 is 2.61 bits per heavy atom. The molecule has 0 amide bonds. The van der Waals surface area contributed by atoms with Crippen LogP contribution in [0.4, 0.5) is 0 Å². The fraction of sp³-hybridized carbons (Fsp3) is 0.286. The first kappa shape index (κ1) is 13.8. The van der Waals surface area contributed by atoms with E-state index in [-0.39, 0.29) is 0 Å². The number of halogens is 2. The number of hydrogen-bond acceptors (Lipinski definition) is 2. The Bertz CT molecular complexity index is 517. The monoisotopic (exact) mass is 371 g/mol. The van der Waals surface area contributed by atoms with Gasteiger partial charge in [-0.05, 0) is 62.9 Å². The molecule has 1 atom stereocenters. The maximum Gasteiger partial charge on any atom is 0.183 e. The van der Waals surface area contributed by atoms with Crippen LogP contribution in [0, 0.1) is 6.92 Å². The maximum atomic E-state index is 5.54. The summed E-state index contributed by atoms with van der Waals surface area (Å²) in [5.74, 6) is 0.911. The van der Waals surface area contributed by atoms with Crippen LogP contribution < -0.4 is 5.32 Å². The average molecular weight is 373 g/mol. The van der Waals surface area contributed by atoms with Crippen LogP contribution in [0.15, 0.2) is 43.9 Å². The van der Waals surface area contributed by atoms with E-state index in [9.17, 15) is 0 Å². The van der Waals surface area contributed by atoms with Crippen LogP contribution >= 0.6 is 31.9 Å². The largest absolute Gasteiger partial charge is 0.452 e. The molecule has 2 aromatic rings. The summed E-state index contributed by atoms with van der Waals surface area (Å²) < 4.78 is 7.22. The summed E-state index contributed by atoms with van der Waals surface area (Å²) in [6, 6.07) is 10.7. The molecule has 1 heterocycles. The van der Waals surface area contributed by atoms with E-state index in [0.717, 1.165) is 14.9 Å². The Balaban J connectivity index is 2.00. The third-order valence-electron chi connectivity index (χ3n) is 2.93. The van der Waals surface area contributed by atoms with E-state index < -0.39 is 0 Å². The predicted molar refractivity (Wildman–Crippen MR) is 80.5 cm³/mol. The third-order valence-corrected chi connectivity index (χ3v) is 4.64. The summed E-state index contributed by atoms with van der Waals surface area (Å²) in [5, 5.41) is 3.46. The molecule has 2 nitrogen and oxygen atoms in total. The highest BCUT2D eigenvalue weighted by molar-refractivity contribution is 9.13. The van der Waals surface area contributed by atoms with E-state index in [1.807, 2.05) is 6.07 Å². The minimum absolute atomic E-state index is 0.300. The SMILES string of the molecule is Cc1ccccc1[C@H](C)NCc1cc(Br)c(Br)o1. The lowest BCUT2D eigenvalue weighted by molar-refractivity contribution is 0.446. The van der Waals surface area contributed by atoms with E-state index in [1.54, 1.807) is 0 Å². The molecule has 0 aliphatic rings. The molecular weight excluding hydrogens is 358 g/mol. The number of furan rings is 1. The lowest BCUT2D eigenvalue weighted by Gasteiger charge is -2.15. The zero-order valence-corrected chi connectivity index (χ0v) is 13.5. The van der Waals surface area contributed by atoms with Crippen molar-refractivity contribution in [3.8, 4) is 0 Å². The second kappa shape index (κ2) is 6.04. The summed E-state index contributed by atoms with van der Waals surface area (Å²) in [6.45, 7) is 5.00. The Kier molecular flexibility index (Phi) is 4.65.